The number of likely N-dealkylation sites (tertiary alicyclic amines) is 1. The van der Waals surface area contributed by atoms with Crippen molar-refractivity contribution in [3.8, 4) is 0 Å². The second-order valence-electron chi connectivity index (χ2n) is 6.94. The van der Waals surface area contributed by atoms with Crippen molar-refractivity contribution in [3.05, 3.63) is 36.3 Å². The minimum Gasteiger partial charge on any atom is -0.469 e. The molecule has 2 fully saturated rings. The highest BCUT2D eigenvalue weighted by molar-refractivity contribution is 5.88. The van der Waals surface area contributed by atoms with Gasteiger partial charge in [-0.15, -0.1) is 6.58 Å². The van der Waals surface area contributed by atoms with Gasteiger partial charge in [0.25, 0.3) is 0 Å². The van der Waals surface area contributed by atoms with Crippen molar-refractivity contribution in [2.45, 2.75) is 38.3 Å². The Hall–Kier alpha value is -2.12. The predicted molar refractivity (Wildman–Crippen MR) is 93.8 cm³/mol. The van der Waals surface area contributed by atoms with Crippen LogP contribution in [-0.2, 0) is 25.7 Å². The Balaban J connectivity index is 1.74. The number of hydrogen-bond donors (Lipinski definition) is 0. The minimum atomic E-state index is -0.650. The van der Waals surface area contributed by atoms with Crippen LogP contribution in [0, 0.1) is 12.8 Å². The molecule has 7 nitrogen and oxygen atoms in total. The molecule has 0 radical (unpaired) electrons. The molecule has 1 amide bonds. The van der Waals surface area contributed by atoms with Gasteiger partial charge in [-0.1, -0.05) is 6.08 Å². The van der Waals surface area contributed by atoms with Crippen molar-refractivity contribution in [2.24, 2.45) is 5.92 Å². The lowest BCUT2D eigenvalue weighted by atomic mass is 9.77. The molecule has 142 valence electrons. The summed E-state index contributed by atoms with van der Waals surface area (Å²) < 4.78 is 10.6. The normalized spacial score (nSPS) is 22.8. The summed E-state index contributed by atoms with van der Waals surface area (Å²) in [7, 11) is 1.36. The number of nitrogens with zero attached hydrogens (tertiary/aromatic N) is 2. The van der Waals surface area contributed by atoms with Gasteiger partial charge in [-0.2, -0.15) is 0 Å². The van der Waals surface area contributed by atoms with Gasteiger partial charge in [0.15, 0.2) is 0 Å². The highest BCUT2D eigenvalue weighted by Gasteiger charge is 2.58. The maximum atomic E-state index is 12.5. The molecule has 3 heterocycles. The number of esters is 1. The van der Waals surface area contributed by atoms with Crippen LogP contribution in [0.1, 0.15) is 30.8 Å². The van der Waals surface area contributed by atoms with Gasteiger partial charge in [-0.3, -0.25) is 19.3 Å². The zero-order chi connectivity index (χ0) is 18.7. The van der Waals surface area contributed by atoms with E-state index in [1.165, 1.54) is 12.2 Å². The second kappa shape index (κ2) is 7.63. The van der Waals surface area contributed by atoms with E-state index in [2.05, 4.69) is 11.5 Å². The number of rotatable bonds is 6. The lowest BCUT2D eigenvalue weighted by Gasteiger charge is -2.45. The molecular formula is C19H26N2O5. The van der Waals surface area contributed by atoms with E-state index in [9.17, 15) is 9.59 Å². The lowest BCUT2D eigenvalue weighted by molar-refractivity contribution is -0.218. The smallest absolute Gasteiger partial charge is 0.311 e. The predicted octanol–water partition coefficient (Wildman–Crippen LogP) is 2.06. The van der Waals surface area contributed by atoms with Crippen LogP contribution in [0.5, 0.6) is 0 Å². The molecule has 3 rings (SSSR count). The highest BCUT2D eigenvalue weighted by Crippen LogP contribution is 2.44. The summed E-state index contributed by atoms with van der Waals surface area (Å²) in [4.78, 5) is 32.7. The van der Waals surface area contributed by atoms with Gasteiger partial charge in [0, 0.05) is 19.5 Å². The van der Waals surface area contributed by atoms with Gasteiger partial charge < -0.3 is 9.15 Å². The number of methoxy groups -OCH3 is 1. The molecule has 2 aliphatic rings. The molecule has 0 aliphatic carbocycles. The average Bonchev–Trinajstić information content (AvgIpc) is 3.16. The molecular weight excluding hydrogens is 336 g/mol. The van der Waals surface area contributed by atoms with E-state index in [-0.39, 0.29) is 24.9 Å². The minimum absolute atomic E-state index is 0.126. The zero-order valence-electron chi connectivity index (χ0n) is 15.4. The van der Waals surface area contributed by atoms with Gasteiger partial charge in [0.05, 0.1) is 31.7 Å². The molecule has 1 aromatic heterocycles. The molecule has 0 saturated carbocycles. The van der Waals surface area contributed by atoms with E-state index < -0.39 is 11.5 Å². The van der Waals surface area contributed by atoms with Gasteiger partial charge in [-0.05, 0) is 31.9 Å². The van der Waals surface area contributed by atoms with E-state index in [0.29, 0.717) is 19.4 Å². The first kappa shape index (κ1) is 18.7. The molecule has 1 spiro atoms. The van der Waals surface area contributed by atoms with Crippen LogP contribution in [0.15, 0.2) is 29.2 Å². The van der Waals surface area contributed by atoms with Crippen molar-refractivity contribution in [3.63, 3.8) is 0 Å². The molecule has 2 saturated heterocycles. The van der Waals surface area contributed by atoms with Gasteiger partial charge >= 0.3 is 5.97 Å². The van der Waals surface area contributed by atoms with Gasteiger partial charge in [0.2, 0.25) is 5.91 Å². The van der Waals surface area contributed by atoms with Crippen molar-refractivity contribution in [1.29, 1.82) is 0 Å². The fourth-order valence-electron chi connectivity index (χ4n) is 4.05. The van der Waals surface area contributed by atoms with Gasteiger partial charge in [-0.25, -0.2) is 5.06 Å². The molecule has 0 aromatic carbocycles. The number of amides is 1. The van der Waals surface area contributed by atoms with Crippen LogP contribution in [0.3, 0.4) is 0 Å². The second-order valence-corrected chi connectivity index (χ2v) is 6.94. The van der Waals surface area contributed by atoms with E-state index in [1.54, 1.807) is 6.08 Å². The summed E-state index contributed by atoms with van der Waals surface area (Å²) in [6, 6.07) is 3.93. The topological polar surface area (TPSA) is 72.2 Å². The number of piperidine rings is 1. The van der Waals surface area contributed by atoms with Crippen LogP contribution in [0.25, 0.3) is 0 Å². The third-order valence-electron chi connectivity index (χ3n) is 5.36. The van der Waals surface area contributed by atoms with Crippen molar-refractivity contribution in [1.82, 2.24) is 9.96 Å². The molecule has 1 aromatic rings. The number of carbonyl (C=O) groups excluding carboxylic acids is 2. The zero-order valence-corrected chi connectivity index (χ0v) is 15.4. The first-order chi connectivity index (χ1) is 12.5. The van der Waals surface area contributed by atoms with Crippen LogP contribution < -0.4 is 0 Å². The Morgan fingerprint density at radius 2 is 2.15 bits per heavy atom. The molecule has 1 unspecified atom stereocenters. The first-order valence-corrected chi connectivity index (χ1v) is 8.92. The fraction of sp³-hybridized carbons (Fsp3) is 0.579. The fourth-order valence-corrected chi connectivity index (χ4v) is 4.05. The Labute approximate surface area is 153 Å². The molecule has 26 heavy (non-hydrogen) atoms. The largest absolute Gasteiger partial charge is 0.469 e. The van der Waals surface area contributed by atoms with E-state index in [1.807, 2.05) is 19.1 Å². The monoisotopic (exact) mass is 362 g/mol. The van der Waals surface area contributed by atoms with Crippen LogP contribution in [0.2, 0.25) is 0 Å². The van der Waals surface area contributed by atoms with Gasteiger partial charge in [0.1, 0.15) is 11.5 Å². The molecule has 0 N–H and O–H groups in total. The summed E-state index contributed by atoms with van der Waals surface area (Å²) in [6.07, 6.45) is 3.02. The summed E-state index contributed by atoms with van der Waals surface area (Å²) in [6.45, 7) is 8.00. The quantitative estimate of drug-likeness (QED) is 0.570. The SMILES string of the molecule is C=CCON1C(=O)CC(C(=O)OC)C12CCN(Cc1ccc(C)o1)CC2. The maximum absolute atomic E-state index is 12.5. The summed E-state index contributed by atoms with van der Waals surface area (Å²) in [5.74, 6) is 0.795. The number of carbonyl (C=O) groups is 2. The molecule has 0 bridgehead atoms. The Morgan fingerprint density at radius 3 is 2.73 bits per heavy atom. The van der Waals surface area contributed by atoms with Crippen LogP contribution in [0.4, 0.5) is 0 Å². The summed E-state index contributed by atoms with van der Waals surface area (Å²) >= 11 is 0. The first-order valence-electron chi connectivity index (χ1n) is 8.92. The van der Waals surface area contributed by atoms with Crippen LogP contribution in [-0.4, -0.2) is 54.2 Å². The molecule has 2 aliphatic heterocycles. The number of furan rings is 1. The van der Waals surface area contributed by atoms with Crippen molar-refractivity contribution < 1.29 is 23.6 Å². The molecule has 7 heteroatoms. The highest BCUT2D eigenvalue weighted by atomic mass is 16.7. The van der Waals surface area contributed by atoms with E-state index in [0.717, 1.165) is 24.6 Å². The Kier molecular flexibility index (Phi) is 5.48. The summed E-state index contributed by atoms with van der Waals surface area (Å²) in [5.41, 5.74) is -0.650. The van der Waals surface area contributed by atoms with Crippen LogP contribution >= 0.6 is 0 Å². The lowest BCUT2D eigenvalue weighted by Crippen LogP contribution is -2.57. The maximum Gasteiger partial charge on any atom is 0.311 e. The van der Waals surface area contributed by atoms with Crippen molar-refractivity contribution in [2.75, 3.05) is 26.8 Å². The Morgan fingerprint density at radius 1 is 1.42 bits per heavy atom. The number of hydroxylamine groups is 2. The van der Waals surface area contributed by atoms with E-state index >= 15 is 0 Å². The standard InChI is InChI=1S/C19H26N2O5/c1-4-11-25-21-17(22)12-16(18(23)24-3)19(21)7-9-20(10-8-19)13-15-6-5-14(2)26-15/h4-6,16H,1,7-13H2,2-3H3. The number of aryl methyl sites for hydroxylation is 1. The average molecular weight is 362 g/mol. The third-order valence-corrected chi connectivity index (χ3v) is 5.36. The summed E-state index contributed by atoms with van der Waals surface area (Å²) in [5, 5.41) is 1.42. The van der Waals surface area contributed by atoms with Crippen molar-refractivity contribution >= 4 is 11.9 Å². The van der Waals surface area contributed by atoms with E-state index in [4.69, 9.17) is 14.0 Å². The molecule has 1 atom stereocenters. The third kappa shape index (κ3) is 3.41. The number of hydrogen-bond acceptors (Lipinski definition) is 6. The number of ether oxygens (including phenoxy) is 1. The Bertz CT molecular complexity index is 675.